The van der Waals surface area contributed by atoms with Crippen molar-refractivity contribution in [2.24, 2.45) is 0 Å². The van der Waals surface area contributed by atoms with Crippen LogP contribution in [0.2, 0.25) is 0 Å². The molecule has 1 atom stereocenters. The van der Waals surface area contributed by atoms with Crippen molar-refractivity contribution in [1.29, 1.82) is 5.26 Å². The van der Waals surface area contributed by atoms with Gasteiger partial charge in [0.15, 0.2) is 0 Å². The van der Waals surface area contributed by atoms with Gasteiger partial charge in [0, 0.05) is 13.5 Å². The van der Waals surface area contributed by atoms with E-state index >= 15 is 0 Å². The molecule has 0 aromatic rings. The van der Waals surface area contributed by atoms with Gasteiger partial charge in [0.05, 0.1) is 6.07 Å². The second kappa shape index (κ2) is 6.27. The number of hydrogen-bond donors (Lipinski definition) is 0. The molecule has 0 radical (unpaired) electrons. The summed E-state index contributed by atoms with van der Waals surface area (Å²) in [5.74, 6) is 0. The highest BCUT2D eigenvalue weighted by molar-refractivity contribution is 4.89. The van der Waals surface area contributed by atoms with Crippen LogP contribution in [-0.2, 0) is 9.47 Å². The van der Waals surface area contributed by atoms with Crippen LogP contribution in [-0.4, -0.2) is 20.0 Å². The minimum Gasteiger partial charge on any atom is -0.359 e. The van der Waals surface area contributed by atoms with E-state index in [9.17, 15) is 0 Å². The summed E-state index contributed by atoms with van der Waals surface area (Å²) in [6, 6.07) is 1.96. The van der Waals surface area contributed by atoms with Crippen LogP contribution in [0.25, 0.3) is 0 Å². The van der Waals surface area contributed by atoms with Crippen molar-refractivity contribution in [1.82, 2.24) is 0 Å². The molecule has 0 N–H and O–H groups in total. The number of rotatable bonds is 5. The standard InChI is InChI=1S/C7H11NO2/c1-3-4-7(5-8)10-6-9-2/h3,7H,1,4,6H2,2H3. The van der Waals surface area contributed by atoms with Gasteiger partial charge in [-0.3, -0.25) is 0 Å². The largest absolute Gasteiger partial charge is 0.359 e. The van der Waals surface area contributed by atoms with Crippen LogP contribution in [0.5, 0.6) is 0 Å². The highest BCUT2D eigenvalue weighted by atomic mass is 16.7. The molecule has 56 valence electrons. The van der Waals surface area contributed by atoms with Gasteiger partial charge in [-0.25, -0.2) is 0 Å². The minimum absolute atomic E-state index is 0.159. The first-order valence-corrected chi connectivity index (χ1v) is 2.96. The summed E-state index contributed by atoms with van der Waals surface area (Å²) >= 11 is 0. The smallest absolute Gasteiger partial charge is 0.150 e. The molecule has 1 unspecified atom stereocenters. The Labute approximate surface area is 60.9 Å². The first-order valence-electron chi connectivity index (χ1n) is 2.96. The lowest BCUT2D eigenvalue weighted by Gasteiger charge is -2.05. The number of nitriles is 1. The third-order valence-electron chi connectivity index (χ3n) is 0.912. The first-order chi connectivity index (χ1) is 4.85. The lowest BCUT2D eigenvalue weighted by molar-refractivity contribution is -0.0517. The first kappa shape index (κ1) is 9.15. The van der Waals surface area contributed by atoms with Crippen molar-refractivity contribution in [2.45, 2.75) is 12.5 Å². The highest BCUT2D eigenvalue weighted by Gasteiger charge is 2.02. The zero-order valence-electron chi connectivity index (χ0n) is 6.04. The Morgan fingerprint density at radius 2 is 2.50 bits per heavy atom. The van der Waals surface area contributed by atoms with Crippen LogP contribution in [0.1, 0.15) is 6.42 Å². The maximum absolute atomic E-state index is 8.41. The lowest BCUT2D eigenvalue weighted by atomic mass is 10.3. The molecule has 0 amide bonds. The van der Waals surface area contributed by atoms with E-state index in [-0.39, 0.29) is 6.79 Å². The predicted octanol–water partition coefficient (Wildman–Crippen LogP) is 1.08. The normalized spacial score (nSPS) is 12.0. The van der Waals surface area contributed by atoms with Gasteiger partial charge < -0.3 is 9.47 Å². The predicted molar refractivity (Wildman–Crippen MR) is 37.2 cm³/mol. The van der Waals surface area contributed by atoms with Gasteiger partial charge in [0.2, 0.25) is 0 Å². The Morgan fingerprint density at radius 3 is 2.90 bits per heavy atom. The van der Waals surface area contributed by atoms with Gasteiger partial charge >= 0.3 is 0 Å². The average Bonchev–Trinajstić information content (AvgIpc) is 1.98. The summed E-state index contributed by atoms with van der Waals surface area (Å²) in [5, 5.41) is 8.41. The Bertz CT molecular complexity index is 128. The van der Waals surface area contributed by atoms with Crippen LogP contribution in [0.4, 0.5) is 0 Å². The molecule has 3 heteroatoms. The van der Waals surface area contributed by atoms with Crippen molar-refractivity contribution in [3.05, 3.63) is 12.7 Å². The van der Waals surface area contributed by atoms with E-state index in [1.165, 1.54) is 7.11 Å². The average molecular weight is 141 g/mol. The molecule has 0 aromatic heterocycles. The molecule has 0 fully saturated rings. The Kier molecular flexibility index (Phi) is 5.74. The quantitative estimate of drug-likeness (QED) is 0.425. The van der Waals surface area contributed by atoms with Gasteiger partial charge in [0.25, 0.3) is 0 Å². The van der Waals surface area contributed by atoms with E-state index in [1.807, 2.05) is 6.07 Å². The number of hydrogen-bond acceptors (Lipinski definition) is 3. The summed E-state index contributed by atoms with van der Waals surface area (Å²) < 4.78 is 9.54. The van der Waals surface area contributed by atoms with Gasteiger partial charge in [-0.1, -0.05) is 6.08 Å². The maximum atomic E-state index is 8.41. The molecule has 0 rings (SSSR count). The second-order valence-corrected chi connectivity index (χ2v) is 1.72. The minimum atomic E-state index is -0.419. The zero-order valence-corrected chi connectivity index (χ0v) is 6.04. The Balaban J connectivity index is 3.42. The Morgan fingerprint density at radius 1 is 1.80 bits per heavy atom. The molecule has 0 aromatic carbocycles. The third kappa shape index (κ3) is 4.07. The van der Waals surface area contributed by atoms with Crippen LogP contribution in [0, 0.1) is 11.3 Å². The van der Waals surface area contributed by atoms with Crippen LogP contribution in [0.3, 0.4) is 0 Å². The van der Waals surface area contributed by atoms with Crippen molar-refractivity contribution in [2.75, 3.05) is 13.9 Å². The lowest BCUT2D eigenvalue weighted by Crippen LogP contribution is -2.10. The van der Waals surface area contributed by atoms with E-state index in [2.05, 4.69) is 11.3 Å². The molecule has 0 aliphatic rings. The van der Waals surface area contributed by atoms with E-state index in [0.717, 1.165) is 0 Å². The number of nitrogens with zero attached hydrogens (tertiary/aromatic N) is 1. The van der Waals surface area contributed by atoms with Crippen molar-refractivity contribution in [3.8, 4) is 6.07 Å². The van der Waals surface area contributed by atoms with Gasteiger partial charge in [-0.2, -0.15) is 5.26 Å². The van der Waals surface area contributed by atoms with Crippen LogP contribution >= 0.6 is 0 Å². The topological polar surface area (TPSA) is 42.2 Å². The van der Waals surface area contributed by atoms with Crippen molar-refractivity contribution >= 4 is 0 Å². The summed E-state index contributed by atoms with van der Waals surface area (Å²) in [4.78, 5) is 0. The summed E-state index contributed by atoms with van der Waals surface area (Å²) in [6.45, 7) is 3.64. The number of methoxy groups -OCH3 is 1. The molecular formula is C7H11NO2. The maximum Gasteiger partial charge on any atom is 0.150 e. The Hall–Kier alpha value is -0.850. The molecule has 0 saturated heterocycles. The highest BCUT2D eigenvalue weighted by Crippen LogP contribution is 1.96. The third-order valence-corrected chi connectivity index (χ3v) is 0.912. The molecule has 0 bridgehead atoms. The molecule has 10 heavy (non-hydrogen) atoms. The van der Waals surface area contributed by atoms with Crippen molar-refractivity contribution < 1.29 is 9.47 Å². The van der Waals surface area contributed by atoms with Crippen LogP contribution in [0.15, 0.2) is 12.7 Å². The fourth-order valence-electron chi connectivity index (χ4n) is 0.460. The molecule has 3 nitrogen and oxygen atoms in total. The van der Waals surface area contributed by atoms with Gasteiger partial charge in [-0.15, -0.1) is 6.58 Å². The van der Waals surface area contributed by atoms with E-state index in [4.69, 9.17) is 10.00 Å². The van der Waals surface area contributed by atoms with Crippen LogP contribution < -0.4 is 0 Å². The SMILES string of the molecule is C=CCC(C#N)OCOC. The van der Waals surface area contributed by atoms with Crippen molar-refractivity contribution in [3.63, 3.8) is 0 Å². The molecule has 0 aliphatic carbocycles. The molecule has 0 heterocycles. The monoisotopic (exact) mass is 141 g/mol. The van der Waals surface area contributed by atoms with Gasteiger partial charge in [0.1, 0.15) is 12.9 Å². The van der Waals surface area contributed by atoms with Gasteiger partial charge in [-0.05, 0) is 0 Å². The van der Waals surface area contributed by atoms with E-state index in [0.29, 0.717) is 6.42 Å². The molecule has 0 saturated carbocycles. The fourth-order valence-corrected chi connectivity index (χ4v) is 0.460. The van der Waals surface area contributed by atoms with E-state index in [1.54, 1.807) is 6.08 Å². The number of ether oxygens (including phenoxy) is 2. The zero-order chi connectivity index (χ0) is 7.82. The summed E-state index contributed by atoms with van der Waals surface area (Å²) in [7, 11) is 1.52. The molecule has 0 aliphatic heterocycles. The molecular weight excluding hydrogens is 130 g/mol. The summed E-state index contributed by atoms with van der Waals surface area (Å²) in [6.07, 6.45) is 1.76. The summed E-state index contributed by atoms with van der Waals surface area (Å²) in [5.41, 5.74) is 0. The second-order valence-electron chi connectivity index (χ2n) is 1.72. The fraction of sp³-hybridized carbons (Fsp3) is 0.571. The molecule has 0 spiro atoms. The van der Waals surface area contributed by atoms with E-state index < -0.39 is 6.10 Å².